The second-order valence-electron chi connectivity index (χ2n) is 5.02. The van der Waals surface area contributed by atoms with E-state index < -0.39 is 0 Å². The van der Waals surface area contributed by atoms with Gasteiger partial charge in [0.2, 0.25) is 5.91 Å². The standard InChI is InChI=1S/C14H18N2O2/c1-18-9-14(17)16-7-12-11-5-3-2-4-10(11)6-15-13(12)8-16/h2-5,12-13,15H,6-9H2,1H3/t12-,13-/m1/s1. The van der Waals surface area contributed by atoms with Crippen LogP contribution in [0.2, 0.25) is 0 Å². The maximum atomic E-state index is 11.9. The average Bonchev–Trinajstić information content (AvgIpc) is 2.83. The molecule has 0 aliphatic carbocycles. The minimum Gasteiger partial charge on any atom is -0.375 e. The molecule has 1 fully saturated rings. The minimum atomic E-state index is 0.0891. The van der Waals surface area contributed by atoms with Crippen LogP contribution in [0.15, 0.2) is 24.3 Å². The number of amides is 1. The van der Waals surface area contributed by atoms with Crippen molar-refractivity contribution in [3.63, 3.8) is 0 Å². The van der Waals surface area contributed by atoms with E-state index in [2.05, 4.69) is 29.6 Å². The number of methoxy groups -OCH3 is 1. The number of ether oxygens (including phenoxy) is 1. The Hall–Kier alpha value is -1.39. The lowest BCUT2D eigenvalue weighted by Gasteiger charge is -2.28. The molecule has 1 aromatic carbocycles. The van der Waals surface area contributed by atoms with Crippen molar-refractivity contribution >= 4 is 5.91 Å². The van der Waals surface area contributed by atoms with Gasteiger partial charge in [0.05, 0.1) is 0 Å². The number of fused-ring (bicyclic) bond motifs is 3. The van der Waals surface area contributed by atoms with Crippen molar-refractivity contribution in [3.05, 3.63) is 35.4 Å². The third-order valence-electron chi connectivity index (χ3n) is 3.95. The first-order chi connectivity index (χ1) is 8.79. The molecular weight excluding hydrogens is 228 g/mol. The van der Waals surface area contributed by atoms with Crippen molar-refractivity contribution < 1.29 is 9.53 Å². The lowest BCUT2D eigenvalue weighted by molar-refractivity contribution is -0.134. The molecule has 0 unspecified atom stereocenters. The van der Waals surface area contributed by atoms with E-state index in [-0.39, 0.29) is 12.5 Å². The fourth-order valence-corrected chi connectivity index (χ4v) is 3.04. The van der Waals surface area contributed by atoms with Crippen LogP contribution in [0.25, 0.3) is 0 Å². The van der Waals surface area contributed by atoms with Crippen molar-refractivity contribution in [2.75, 3.05) is 26.8 Å². The zero-order valence-corrected chi connectivity index (χ0v) is 10.6. The predicted molar refractivity (Wildman–Crippen MR) is 68.3 cm³/mol. The summed E-state index contributed by atoms with van der Waals surface area (Å²) in [6, 6.07) is 8.90. The van der Waals surface area contributed by atoms with E-state index >= 15 is 0 Å². The summed E-state index contributed by atoms with van der Waals surface area (Å²) in [7, 11) is 1.56. The Morgan fingerprint density at radius 3 is 3.11 bits per heavy atom. The number of hydrogen-bond donors (Lipinski definition) is 1. The van der Waals surface area contributed by atoms with E-state index in [0.717, 1.165) is 19.6 Å². The SMILES string of the molecule is COCC(=O)N1C[C@@H]2c3ccccc3CN[C@@H]2C1. The van der Waals surface area contributed by atoms with Gasteiger partial charge in [0, 0.05) is 38.7 Å². The number of hydrogen-bond acceptors (Lipinski definition) is 3. The lowest BCUT2D eigenvalue weighted by atomic mass is 9.87. The predicted octanol–water partition coefficient (Wildman–Crippen LogP) is 0.731. The molecule has 2 atom stereocenters. The number of likely N-dealkylation sites (tertiary alicyclic amines) is 1. The highest BCUT2D eigenvalue weighted by molar-refractivity contribution is 5.78. The quantitative estimate of drug-likeness (QED) is 0.836. The largest absolute Gasteiger partial charge is 0.375 e. The summed E-state index contributed by atoms with van der Waals surface area (Å²) in [5, 5.41) is 3.53. The highest BCUT2D eigenvalue weighted by atomic mass is 16.5. The van der Waals surface area contributed by atoms with Crippen LogP contribution in [0.3, 0.4) is 0 Å². The molecule has 96 valence electrons. The molecule has 1 aromatic rings. The molecule has 4 heteroatoms. The molecule has 1 amide bonds. The number of nitrogens with zero attached hydrogens (tertiary/aromatic N) is 1. The van der Waals surface area contributed by atoms with Crippen molar-refractivity contribution in [2.24, 2.45) is 0 Å². The molecule has 2 aliphatic heterocycles. The summed E-state index contributed by atoms with van der Waals surface area (Å²) >= 11 is 0. The Kier molecular flexibility index (Phi) is 3.06. The number of carbonyl (C=O) groups is 1. The van der Waals surface area contributed by atoms with E-state index in [1.165, 1.54) is 11.1 Å². The van der Waals surface area contributed by atoms with Gasteiger partial charge >= 0.3 is 0 Å². The van der Waals surface area contributed by atoms with Crippen LogP contribution in [0, 0.1) is 0 Å². The molecule has 18 heavy (non-hydrogen) atoms. The van der Waals surface area contributed by atoms with E-state index in [4.69, 9.17) is 4.74 Å². The monoisotopic (exact) mass is 246 g/mol. The fraction of sp³-hybridized carbons (Fsp3) is 0.500. The molecule has 2 aliphatic rings. The minimum absolute atomic E-state index is 0.0891. The molecule has 4 nitrogen and oxygen atoms in total. The van der Waals surface area contributed by atoms with E-state index in [1.54, 1.807) is 7.11 Å². The molecular formula is C14H18N2O2. The van der Waals surface area contributed by atoms with Gasteiger partial charge < -0.3 is 15.0 Å². The van der Waals surface area contributed by atoms with Crippen LogP contribution in [0.1, 0.15) is 17.0 Å². The molecule has 0 bridgehead atoms. The van der Waals surface area contributed by atoms with Crippen LogP contribution >= 0.6 is 0 Å². The highest BCUT2D eigenvalue weighted by Gasteiger charge is 2.38. The molecule has 1 saturated heterocycles. The summed E-state index contributed by atoms with van der Waals surface area (Å²) in [4.78, 5) is 13.8. The number of benzene rings is 1. The van der Waals surface area contributed by atoms with E-state index in [0.29, 0.717) is 12.0 Å². The van der Waals surface area contributed by atoms with Gasteiger partial charge in [-0.05, 0) is 11.1 Å². The topological polar surface area (TPSA) is 41.6 Å². The molecule has 0 spiro atoms. The average molecular weight is 246 g/mol. The first kappa shape index (κ1) is 11.7. The Bertz CT molecular complexity index is 461. The van der Waals surface area contributed by atoms with Gasteiger partial charge in [-0.1, -0.05) is 24.3 Å². The molecule has 0 saturated carbocycles. The zero-order valence-electron chi connectivity index (χ0n) is 10.6. The van der Waals surface area contributed by atoms with Gasteiger partial charge in [0.25, 0.3) is 0 Å². The summed E-state index contributed by atoms with van der Waals surface area (Å²) in [5.74, 6) is 0.516. The normalized spacial score (nSPS) is 25.7. The third kappa shape index (κ3) is 1.91. The van der Waals surface area contributed by atoms with Gasteiger partial charge in [-0.15, -0.1) is 0 Å². The maximum Gasteiger partial charge on any atom is 0.248 e. The molecule has 1 N–H and O–H groups in total. The van der Waals surface area contributed by atoms with Gasteiger partial charge in [-0.25, -0.2) is 0 Å². The van der Waals surface area contributed by atoms with Crippen molar-refractivity contribution in [3.8, 4) is 0 Å². The first-order valence-electron chi connectivity index (χ1n) is 6.37. The Morgan fingerprint density at radius 1 is 1.44 bits per heavy atom. The van der Waals surface area contributed by atoms with Crippen LogP contribution in [-0.4, -0.2) is 43.7 Å². The van der Waals surface area contributed by atoms with Crippen LogP contribution in [-0.2, 0) is 16.1 Å². The highest BCUT2D eigenvalue weighted by Crippen LogP contribution is 2.33. The molecule has 0 radical (unpaired) electrons. The summed E-state index contributed by atoms with van der Waals surface area (Å²) < 4.78 is 4.93. The smallest absolute Gasteiger partial charge is 0.248 e. The Morgan fingerprint density at radius 2 is 2.28 bits per heavy atom. The van der Waals surface area contributed by atoms with Gasteiger partial charge in [0.15, 0.2) is 0 Å². The van der Waals surface area contributed by atoms with Gasteiger partial charge in [-0.3, -0.25) is 4.79 Å². The number of rotatable bonds is 2. The summed E-state index contributed by atoms with van der Waals surface area (Å²) in [5.41, 5.74) is 2.76. The third-order valence-corrected chi connectivity index (χ3v) is 3.95. The van der Waals surface area contributed by atoms with E-state index in [9.17, 15) is 4.79 Å². The number of carbonyl (C=O) groups excluding carboxylic acids is 1. The van der Waals surface area contributed by atoms with Crippen molar-refractivity contribution in [2.45, 2.75) is 18.5 Å². The number of nitrogens with one attached hydrogen (secondary N) is 1. The summed E-state index contributed by atoms with van der Waals surface area (Å²) in [6.07, 6.45) is 0. The van der Waals surface area contributed by atoms with Crippen LogP contribution < -0.4 is 5.32 Å². The van der Waals surface area contributed by atoms with Crippen molar-refractivity contribution in [1.29, 1.82) is 0 Å². The van der Waals surface area contributed by atoms with E-state index in [1.807, 2.05) is 4.90 Å². The molecule has 2 heterocycles. The van der Waals surface area contributed by atoms with Gasteiger partial charge in [-0.2, -0.15) is 0 Å². The Balaban J connectivity index is 1.80. The second-order valence-corrected chi connectivity index (χ2v) is 5.02. The van der Waals surface area contributed by atoms with Gasteiger partial charge in [0.1, 0.15) is 6.61 Å². The second kappa shape index (κ2) is 4.71. The lowest BCUT2D eigenvalue weighted by Crippen LogP contribution is -2.39. The first-order valence-corrected chi connectivity index (χ1v) is 6.37. The molecule has 3 rings (SSSR count). The van der Waals surface area contributed by atoms with Crippen molar-refractivity contribution in [1.82, 2.24) is 10.2 Å². The summed E-state index contributed by atoms with van der Waals surface area (Å²) in [6.45, 7) is 2.68. The van der Waals surface area contributed by atoms with Crippen LogP contribution in [0.5, 0.6) is 0 Å². The van der Waals surface area contributed by atoms with Crippen LogP contribution in [0.4, 0.5) is 0 Å². The fourth-order valence-electron chi connectivity index (χ4n) is 3.04. The maximum absolute atomic E-state index is 11.9. The Labute approximate surface area is 107 Å². The molecule has 0 aromatic heterocycles. The zero-order chi connectivity index (χ0) is 12.5.